The Balaban J connectivity index is 1.52. The Kier molecular flexibility index (Phi) is 7.13. The normalized spacial score (nSPS) is 11.2. The predicted octanol–water partition coefficient (Wildman–Crippen LogP) is 4.20. The molecule has 34 heavy (non-hydrogen) atoms. The molecule has 0 bridgehead atoms. The number of rotatable bonds is 8. The second-order valence-electron chi connectivity index (χ2n) is 7.60. The number of anilines is 1. The highest BCUT2D eigenvalue weighted by molar-refractivity contribution is 7.99. The highest BCUT2D eigenvalue weighted by Gasteiger charge is 2.21. The van der Waals surface area contributed by atoms with Crippen molar-refractivity contribution in [1.29, 1.82) is 0 Å². The standard InChI is InChI=1S/C23H23N5O4S2/c1-4-32-22(31)15-10-17(13(2)3)34-21(15)25-18(29)12-33-23-26-19-16(20(30)27-23)11-24-28(19)14-8-6-5-7-9-14/h5-11,13H,4,12H2,1-3H3,(H,25,29)(H,26,27,30). The Morgan fingerprint density at radius 1 is 1.26 bits per heavy atom. The van der Waals surface area contributed by atoms with E-state index in [4.69, 9.17) is 4.74 Å². The van der Waals surface area contributed by atoms with E-state index >= 15 is 0 Å². The molecule has 0 spiro atoms. The molecule has 0 unspecified atom stereocenters. The molecule has 2 N–H and O–H groups in total. The smallest absolute Gasteiger partial charge is 0.341 e. The number of hydrogen-bond donors (Lipinski definition) is 2. The molecule has 0 saturated heterocycles. The summed E-state index contributed by atoms with van der Waals surface area (Å²) in [6, 6.07) is 11.1. The first-order valence-corrected chi connectivity index (χ1v) is 12.4. The molecule has 1 amide bonds. The van der Waals surface area contributed by atoms with E-state index in [1.165, 1.54) is 17.5 Å². The van der Waals surface area contributed by atoms with Gasteiger partial charge in [0, 0.05) is 4.88 Å². The lowest BCUT2D eigenvalue weighted by atomic mass is 10.1. The van der Waals surface area contributed by atoms with Crippen LogP contribution < -0.4 is 10.9 Å². The molecular formula is C23H23N5O4S2. The number of aromatic amines is 1. The molecule has 9 nitrogen and oxygen atoms in total. The molecule has 0 aliphatic heterocycles. The maximum atomic E-state index is 12.7. The summed E-state index contributed by atoms with van der Waals surface area (Å²) in [4.78, 5) is 45.7. The zero-order valence-electron chi connectivity index (χ0n) is 18.8. The van der Waals surface area contributed by atoms with E-state index in [0.29, 0.717) is 26.8 Å². The second-order valence-corrected chi connectivity index (χ2v) is 9.65. The van der Waals surface area contributed by atoms with Crippen LogP contribution >= 0.6 is 23.1 Å². The zero-order chi connectivity index (χ0) is 24.2. The van der Waals surface area contributed by atoms with Gasteiger partial charge in [0.2, 0.25) is 5.91 Å². The number of thioether (sulfide) groups is 1. The molecule has 0 saturated carbocycles. The summed E-state index contributed by atoms with van der Waals surface area (Å²) in [5, 5.41) is 8.18. The van der Waals surface area contributed by atoms with Crippen molar-refractivity contribution >= 4 is 51.0 Å². The van der Waals surface area contributed by atoms with Crippen molar-refractivity contribution in [3.05, 3.63) is 63.4 Å². The fraction of sp³-hybridized carbons (Fsp3) is 0.261. The van der Waals surface area contributed by atoms with Crippen molar-refractivity contribution in [3.63, 3.8) is 0 Å². The topological polar surface area (TPSA) is 119 Å². The Bertz CT molecular complexity index is 1390. The average molecular weight is 498 g/mol. The molecule has 3 aromatic heterocycles. The molecule has 0 atom stereocenters. The number of ether oxygens (including phenoxy) is 1. The number of nitrogens with zero attached hydrogens (tertiary/aromatic N) is 3. The van der Waals surface area contributed by atoms with E-state index in [0.717, 1.165) is 22.3 Å². The van der Waals surface area contributed by atoms with Gasteiger partial charge in [-0.1, -0.05) is 43.8 Å². The molecule has 0 aliphatic carbocycles. The minimum Gasteiger partial charge on any atom is -0.462 e. The van der Waals surface area contributed by atoms with Gasteiger partial charge in [-0.15, -0.1) is 11.3 Å². The van der Waals surface area contributed by atoms with Crippen LogP contribution in [-0.4, -0.2) is 44.0 Å². The summed E-state index contributed by atoms with van der Waals surface area (Å²) in [6.45, 7) is 6.01. The van der Waals surface area contributed by atoms with Crippen molar-refractivity contribution in [2.75, 3.05) is 17.7 Å². The summed E-state index contributed by atoms with van der Waals surface area (Å²) in [6.07, 6.45) is 1.47. The third-order valence-corrected chi connectivity index (χ3v) is 7.05. The molecule has 1 aromatic carbocycles. The van der Waals surface area contributed by atoms with E-state index < -0.39 is 5.97 Å². The first-order valence-electron chi connectivity index (χ1n) is 10.6. The molecule has 0 aliphatic rings. The molecule has 11 heteroatoms. The van der Waals surface area contributed by atoms with Crippen LogP contribution in [0.3, 0.4) is 0 Å². The minimum absolute atomic E-state index is 0.00883. The third kappa shape index (κ3) is 5.05. The third-order valence-electron chi connectivity index (χ3n) is 4.83. The van der Waals surface area contributed by atoms with Gasteiger partial charge in [0.15, 0.2) is 10.8 Å². The number of amides is 1. The number of carbonyl (C=O) groups excluding carboxylic acids is 2. The SMILES string of the molecule is CCOC(=O)c1cc(C(C)C)sc1NC(=O)CSc1nc2c(cnn2-c2ccccc2)c(=O)[nH]1. The van der Waals surface area contributed by atoms with Gasteiger partial charge >= 0.3 is 5.97 Å². The van der Waals surface area contributed by atoms with E-state index in [1.807, 2.05) is 44.2 Å². The first-order chi connectivity index (χ1) is 16.4. The summed E-state index contributed by atoms with van der Waals surface area (Å²) >= 11 is 2.44. The predicted molar refractivity (Wildman–Crippen MR) is 133 cm³/mol. The minimum atomic E-state index is -0.473. The summed E-state index contributed by atoms with van der Waals surface area (Å²) in [5.41, 5.74) is 1.19. The number of hydrogen-bond acceptors (Lipinski definition) is 8. The lowest BCUT2D eigenvalue weighted by Crippen LogP contribution is -2.17. The fourth-order valence-electron chi connectivity index (χ4n) is 3.17. The van der Waals surface area contributed by atoms with E-state index in [2.05, 4.69) is 20.4 Å². The molecule has 4 rings (SSSR count). The number of benzene rings is 1. The Morgan fingerprint density at radius 2 is 2.03 bits per heavy atom. The van der Waals surface area contributed by atoms with Gasteiger partial charge < -0.3 is 15.0 Å². The highest BCUT2D eigenvalue weighted by Crippen LogP contribution is 2.33. The lowest BCUT2D eigenvalue weighted by Gasteiger charge is -2.06. The summed E-state index contributed by atoms with van der Waals surface area (Å²) < 4.78 is 6.70. The number of aromatic nitrogens is 4. The van der Waals surface area contributed by atoms with Crippen molar-refractivity contribution < 1.29 is 14.3 Å². The Labute approximate surface area is 203 Å². The number of H-pyrrole nitrogens is 1. The molecule has 4 aromatic rings. The number of para-hydroxylation sites is 1. The van der Waals surface area contributed by atoms with Crippen molar-refractivity contribution in [2.45, 2.75) is 31.8 Å². The Morgan fingerprint density at radius 3 is 2.74 bits per heavy atom. The van der Waals surface area contributed by atoms with Gasteiger partial charge in [-0.25, -0.2) is 14.5 Å². The first kappa shape index (κ1) is 23.7. The van der Waals surface area contributed by atoms with Crippen LogP contribution in [0.4, 0.5) is 5.00 Å². The average Bonchev–Trinajstić information content (AvgIpc) is 3.43. The molecule has 3 heterocycles. The van der Waals surface area contributed by atoms with Gasteiger partial charge in [-0.05, 0) is 31.0 Å². The molecule has 0 fully saturated rings. The number of carbonyl (C=O) groups is 2. The van der Waals surface area contributed by atoms with E-state index in [-0.39, 0.29) is 29.7 Å². The zero-order valence-corrected chi connectivity index (χ0v) is 20.5. The van der Waals surface area contributed by atoms with Gasteiger partial charge in [-0.3, -0.25) is 9.59 Å². The van der Waals surface area contributed by atoms with Crippen molar-refractivity contribution in [1.82, 2.24) is 19.7 Å². The Hall–Kier alpha value is -3.44. The highest BCUT2D eigenvalue weighted by atomic mass is 32.2. The summed E-state index contributed by atoms with van der Waals surface area (Å²) in [5.74, 6) is -0.606. The van der Waals surface area contributed by atoms with Gasteiger partial charge in [-0.2, -0.15) is 5.10 Å². The summed E-state index contributed by atoms with van der Waals surface area (Å²) in [7, 11) is 0. The van der Waals surface area contributed by atoms with Gasteiger partial charge in [0.25, 0.3) is 5.56 Å². The monoisotopic (exact) mass is 497 g/mol. The number of esters is 1. The van der Waals surface area contributed by atoms with Crippen LogP contribution in [0.2, 0.25) is 0 Å². The number of nitrogens with one attached hydrogen (secondary N) is 2. The van der Waals surface area contributed by atoms with E-state index in [1.54, 1.807) is 17.7 Å². The lowest BCUT2D eigenvalue weighted by molar-refractivity contribution is -0.113. The van der Waals surface area contributed by atoms with Crippen LogP contribution in [0.1, 0.15) is 41.9 Å². The maximum Gasteiger partial charge on any atom is 0.341 e. The number of thiophene rings is 1. The van der Waals surface area contributed by atoms with Gasteiger partial charge in [0.05, 0.1) is 29.8 Å². The van der Waals surface area contributed by atoms with Crippen molar-refractivity contribution in [3.8, 4) is 5.69 Å². The van der Waals surface area contributed by atoms with E-state index in [9.17, 15) is 14.4 Å². The number of fused-ring (bicyclic) bond motifs is 1. The van der Waals surface area contributed by atoms with Crippen LogP contribution in [0.25, 0.3) is 16.7 Å². The molecule has 0 radical (unpaired) electrons. The second kappa shape index (κ2) is 10.2. The molecule has 176 valence electrons. The van der Waals surface area contributed by atoms with Crippen LogP contribution in [0.5, 0.6) is 0 Å². The molecular weight excluding hydrogens is 474 g/mol. The quantitative estimate of drug-likeness (QED) is 0.213. The van der Waals surface area contributed by atoms with Crippen LogP contribution in [0, 0.1) is 0 Å². The van der Waals surface area contributed by atoms with Gasteiger partial charge in [0.1, 0.15) is 10.4 Å². The largest absolute Gasteiger partial charge is 0.462 e. The van der Waals surface area contributed by atoms with Crippen LogP contribution in [-0.2, 0) is 9.53 Å². The fourth-order valence-corrected chi connectivity index (χ4v) is 4.89. The van der Waals surface area contributed by atoms with Crippen molar-refractivity contribution in [2.24, 2.45) is 0 Å². The maximum absolute atomic E-state index is 12.7. The van der Waals surface area contributed by atoms with Crippen LogP contribution in [0.15, 0.2) is 52.5 Å².